The summed E-state index contributed by atoms with van der Waals surface area (Å²) >= 11 is 0. The summed E-state index contributed by atoms with van der Waals surface area (Å²) in [4.78, 5) is 25.6. The van der Waals surface area contributed by atoms with Crippen LogP contribution in [0.5, 0.6) is 0 Å². The van der Waals surface area contributed by atoms with E-state index in [0.717, 1.165) is 5.56 Å². The van der Waals surface area contributed by atoms with E-state index in [1.807, 2.05) is 37.3 Å². The Morgan fingerprint density at radius 1 is 1.14 bits per heavy atom. The molecule has 0 saturated carbocycles. The molecule has 0 bridgehead atoms. The van der Waals surface area contributed by atoms with Crippen molar-refractivity contribution in [1.82, 2.24) is 14.3 Å². The van der Waals surface area contributed by atoms with Gasteiger partial charge in [0, 0.05) is 18.0 Å². The molecule has 4 rings (SSSR count). The smallest absolute Gasteiger partial charge is 0.341 e. The molecule has 0 radical (unpaired) electrons. The summed E-state index contributed by atoms with van der Waals surface area (Å²) in [6.07, 6.45) is 3.19. The molecule has 146 valence electrons. The zero-order chi connectivity index (χ0) is 20.5. The molecular weight excluding hydrogens is 370 g/mol. The van der Waals surface area contributed by atoms with Crippen LogP contribution in [-0.4, -0.2) is 32.5 Å². The third-order valence-electron chi connectivity index (χ3n) is 4.76. The number of esters is 1. The standard InChI is InChI=1S/C22H19N3O4/c1-14-6-5-8-16(10-14)25-21(27)17-11-24(19-9-4-3-7-15(19)13-26)12-18(20(17)23-25)22(28)29-2/h3-12,26H,13H2,1-2H3. The Morgan fingerprint density at radius 3 is 2.66 bits per heavy atom. The van der Waals surface area contributed by atoms with E-state index in [4.69, 9.17) is 4.74 Å². The third-order valence-corrected chi connectivity index (χ3v) is 4.76. The third kappa shape index (κ3) is 3.21. The number of nitrogens with zero attached hydrogens (tertiary/aromatic N) is 3. The van der Waals surface area contributed by atoms with Crippen molar-refractivity contribution in [3.63, 3.8) is 0 Å². The number of aliphatic hydroxyl groups excluding tert-OH is 1. The molecule has 0 unspecified atom stereocenters. The Morgan fingerprint density at radius 2 is 1.93 bits per heavy atom. The normalized spacial score (nSPS) is 11.0. The number of rotatable bonds is 4. The molecule has 2 aliphatic heterocycles. The van der Waals surface area contributed by atoms with Crippen molar-refractivity contribution in [2.45, 2.75) is 13.5 Å². The largest absolute Gasteiger partial charge is 0.465 e. The van der Waals surface area contributed by atoms with Crippen LogP contribution in [-0.2, 0) is 11.3 Å². The highest BCUT2D eigenvalue weighted by Crippen LogP contribution is 2.26. The zero-order valence-electron chi connectivity index (χ0n) is 16.0. The van der Waals surface area contributed by atoms with Crippen LogP contribution >= 0.6 is 0 Å². The molecule has 2 heterocycles. The van der Waals surface area contributed by atoms with E-state index in [9.17, 15) is 14.7 Å². The van der Waals surface area contributed by atoms with Gasteiger partial charge >= 0.3 is 5.97 Å². The summed E-state index contributed by atoms with van der Waals surface area (Å²) < 4.78 is 7.84. The van der Waals surface area contributed by atoms with Gasteiger partial charge in [-0.1, -0.05) is 30.3 Å². The van der Waals surface area contributed by atoms with E-state index in [0.29, 0.717) is 16.9 Å². The predicted octanol–water partition coefficient (Wildman–Crippen LogP) is 2.72. The molecule has 0 atom stereocenters. The average Bonchev–Trinajstić information content (AvgIpc) is 3.09. The van der Waals surface area contributed by atoms with Gasteiger partial charge < -0.3 is 14.4 Å². The van der Waals surface area contributed by atoms with Crippen molar-refractivity contribution in [3.05, 3.63) is 88.0 Å². The first-order valence-electron chi connectivity index (χ1n) is 9.03. The number of carbonyl (C=O) groups is 1. The van der Waals surface area contributed by atoms with E-state index in [1.165, 1.54) is 11.8 Å². The molecule has 7 heteroatoms. The maximum Gasteiger partial charge on any atom is 0.341 e. The number of methoxy groups -OCH3 is 1. The molecule has 2 aromatic carbocycles. The highest BCUT2D eigenvalue weighted by Gasteiger charge is 2.25. The first kappa shape index (κ1) is 18.6. The lowest BCUT2D eigenvalue weighted by Crippen LogP contribution is -2.15. The Balaban J connectivity index is 2.02. The van der Waals surface area contributed by atoms with Gasteiger partial charge in [0.25, 0.3) is 5.56 Å². The number of fused-ring (bicyclic) bond motifs is 1. The van der Waals surface area contributed by atoms with Crippen molar-refractivity contribution >= 4 is 5.97 Å². The summed E-state index contributed by atoms with van der Waals surface area (Å²) in [7, 11) is 1.28. The number of carbonyl (C=O) groups excluding carboxylic acids is 1. The second kappa shape index (κ2) is 7.37. The van der Waals surface area contributed by atoms with Crippen molar-refractivity contribution in [2.24, 2.45) is 0 Å². The first-order chi connectivity index (χ1) is 14.0. The molecule has 2 aromatic rings. The van der Waals surface area contributed by atoms with Crippen molar-refractivity contribution in [1.29, 1.82) is 0 Å². The molecule has 0 saturated heterocycles. The zero-order valence-corrected chi connectivity index (χ0v) is 16.0. The van der Waals surface area contributed by atoms with Crippen LogP contribution in [0.15, 0.2) is 65.7 Å². The first-order valence-corrected chi connectivity index (χ1v) is 9.03. The van der Waals surface area contributed by atoms with Gasteiger partial charge in [0.05, 0.1) is 30.7 Å². The van der Waals surface area contributed by atoms with Crippen LogP contribution in [0.1, 0.15) is 21.5 Å². The fourth-order valence-corrected chi connectivity index (χ4v) is 3.34. The maximum atomic E-state index is 13.1. The topological polar surface area (TPSA) is 86.4 Å². The van der Waals surface area contributed by atoms with Crippen molar-refractivity contribution < 1.29 is 14.6 Å². The van der Waals surface area contributed by atoms with Gasteiger partial charge in [0.15, 0.2) is 0 Å². The highest BCUT2D eigenvalue weighted by atomic mass is 16.5. The summed E-state index contributed by atoms with van der Waals surface area (Å²) in [5, 5.41) is 14.1. The highest BCUT2D eigenvalue weighted by molar-refractivity contribution is 5.96. The number of aliphatic hydroxyl groups is 1. The fourth-order valence-electron chi connectivity index (χ4n) is 3.34. The number of hydrogen-bond donors (Lipinski definition) is 1. The molecular formula is C22H19N3O4. The Kier molecular flexibility index (Phi) is 4.74. The molecule has 0 fully saturated rings. The number of hydrogen-bond acceptors (Lipinski definition) is 5. The van der Waals surface area contributed by atoms with Gasteiger partial charge in [-0.15, -0.1) is 0 Å². The van der Waals surface area contributed by atoms with Gasteiger partial charge in [0.2, 0.25) is 0 Å². The predicted molar refractivity (Wildman–Crippen MR) is 108 cm³/mol. The van der Waals surface area contributed by atoms with E-state index in [-0.39, 0.29) is 29.0 Å². The van der Waals surface area contributed by atoms with E-state index in [2.05, 4.69) is 5.10 Å². The van der Waals surface area contributed by atoms with Crippen LogP contribution in [0, 0.1) is 6.92 Å². The van der Waals surface area contributed by atoms with Crippen LogP contribution in [0.25, 0.3) is 22.6 Å². The van der Waals surface area contributed by atoms with Crippen LogP contribution < -0.4 is 5.56 Å². The monoisotopic (exact) mass is 389 g/mol. The number of ether oxygens (including phenoxy) is 1. The molecule has 29 heavy (non-hydrogen) atoms. The lowest BCUT2D eigenvalue weighted by molar-refractivity contribution is 0.0600. The van der Waals surface area contributed by atoms with Crippen LogP contribution in [0.3, 0.4) is 0 Å². The second-order valence-electron chi connectivity index (χ2n) is 6.68. The number of aromatic nitrogens is 3. The Bertz CT molecular complexity index is 1240. The Hall–Kier alpha value is -3.71. The van der Waals surface area contributed by atoms with Crippen molar-refractivity contribution in [3.8, 4) is 22.6 Å². The number of pyridine rings is 1. The van der Waals surface area contributed by atoms with Gasteiger partial charge in [-0.25, -0.2) is 4.79 Å². The lowest BCUT2D eigenvalue weighted by atomic mass is 10.1. The number of para-hydroxylation sites is 1. The van der Waals surface area contributed by atoms with E-state index >= 15 is 0 Å². The molecule has 0 spiro atoms. The van der Waals surface area contributed by atoms with Gasteiger partial charge in [-0.05, 0) is 30.7 Å². The van der Waals surface area contributed by atoms with E-state index < -0.39 is 5.97 Å². The minimum atomic E-state index is -0.597. The van der Waals surface area contributed by atoms with Gasteiger partial charge in [0.1, 0.15) is 11.3 Å². The lowest BCUT2D eigenvalue weighted by Gasteiger charge is -2.14. The molecule has 2 aliphatic rings. The molecule has 7 nitrogen and oxygen atoms in total. The molecule has 1 N–H and O–H groups in total. The minimum absolute atomic E-state index is 0.168. The number of benzene rings is 2. The summed E-state index contributed by atoms with van der Waals surface area (Å²) in [6.45, 7) is 1.75. The van der Waals surface area contributed by atoms with Crippen LogP contribution in [0.2, 0.25) is 0 Å². The quantitative estimate of drug-likeness (QED) is 0.543. The summed E-state index contributed by atoms with van der Waals surface area (Å²) in [6, 6.07) is 14.6. The minimum Gasteiger partial charge on any atom is -0.465 e. The van der Waals surface area contributed by atoms with Gasteiger partial charge in [-0.3, -0.25) is 4.79 Å². The SMILES string of the molecule is COC(=O)c1cn(-c2ccccc2CO)cc2c(=O)n(-c3cccc(C)c3)nc1-2. The molecule has 0 aromatic heterocycles. The molecule has 0 amide bonds. The Labute approximate surface area is 166 Å². The maximum absolute atomic E-state index is 13.1. The van der Waals surface area contributed by atoms with Crippen LogP contribution in [0.4, 0.5) is 0 Å². The van der Waals surface area contributed by atoms with Crippen molar-refractivity contribution in [2.75, 3.05) is 7.11 Å². The fraction of sp³-hybridized carbons (Fsp3) is 0.136. The summed E-state index contributed by atoms with van der Waals surface area (Å²) in [5.74, 6) is -0.597. The molecule has 0 aliphatic carbocycles. The van der Waals surface area contributed by atoms with Gasteiger partial charge in [-0.2, -0.15) is 9.78 Å². The summed E-state index contributed by atoms with van der Waals surface area (Å²) in [5.41, 5.74) is 3.29. The van der Waals surface area contributed by atoms with E-state index in [1.54, 1.807) is 35.2 Å². The second-order valence-corrected chi connectivity index (χ2v) is 6.68. The number of aryl methyl sites for hydroxylation is 1. The average molecular weight is 389 g/mol.